The van der Waals surface area contributed by atoms with Crippen LogP contribution in [0.1, 0.15) is 39.3 Å². The van der Waals surface area contributed by atoms with Gasteiger partial charge in [-0.25, -0.2) is 0 Å². The lowest BCUT2D eigenvalue weighted by Crippen LogP contribution is -2.47. The first kappa shape index (κ1) is 18.9. The van der Waals surface area contributed by atoms with Crippen molar-refractivity contribution in [1.29, 1.82) is 0 Å². The molecule has 2 aromatic rings. The summed E-state index contributed by atoms with van der Waals surface area (Å²) in [7, 11) is 0. The predicted octanol–water partition coefficient (Wildman–Crippen LogP) is 3.14. The van der Waals surface area contributed by atoms with Gasteiger partial charge in [-0.3, -0.25) is 14.6 Å². The highest BCUT2D eigenvalue weighted by atomic mass is 19.4. The molecular weight excluding hydrogens is 359 g/mol. The molecule has 0 atom stereocenters. The Bertz CT molecular complexity index is 816. The van der Waals surface area contributed by atoms with Gasteiger partial charge >= 0.3 is 6.18 Å². The number of benzene rings is 1. The Hall–Kier alpha value is -2.90. The molecule has 0 saturated carbocycles. The van der Waals surface area contributed by atoms with Crippen molar-refractivity contribution in [3.8, 4) is 0 Å². The lowest BCUT2D eigenvalue weighted by Gasteiger charge is -2.33. The van der Waals surface area contributed by atoms with Gasteiger partial charge in [-0.15, -0.1) is 0 Å². The van der Waals surface area contributed by atoms with E-state index >= 15 is 0 Å². The molecule has 1 N–H and O–H groups in total. The van der Waals surface area contributed by atoms with Crippen molar-refractivity contribution in [1.82, 2.24) is 15.2 Å². The summed E-state index contributed by atoms with van der Waals surface area (Å²) in [4.78, 5) is 30.0. The molecule has 8 heteroatoms. The number of piperidine rings is 1. The third kappa shape index (κ3) is 4.45. The van der Waals surface area contributed by atoms with Crippen LogP contribution in [0.25, 0.3) is 0 Å². The van der Waals surface area contributed by atoms with Crippen LogP contribution in [0, 0.1) is 0 Å². The van der Waals surface area contributed by atoms with Crippen LogP contribution in [0.2, 0.25) is 0 Å². The van der Waals surface area contributed by atoms with Crippen LogP contribution in [-0.2, 0) is 6.18 Å². The Balaban J connectivity index is 1.61. The third-order valence-corrected chi connectivity index (χ3v) is 4.48. The highest BCUT2D eigenvalue weighted by Gasteiger charge is 2.36. The Morgan fingerprint density at radius 3 is 2.33 bits per heavy atom. The molecule has 1 aliphatic heterocycles. The molecule has 0 radical (unpaired) electrons. The second kappa shape index (κ2) is 7.77. The zero-order valence-electron chi connectivity index (χ0n) is 14.4. The number of rotatable bonds is 3. The van der Waals surface area contributed by atoms with E-state index in [2.05, 4.69) is 10.3 Å². The van der Waals surface area contributed by atoms with Crippen molar-refractivity contribution in [2.45, 2.75) is 25.1 Å². The van der Waals surface area contributed by atoms with Crippen molar-refractivity contribution in [2.24, 2.45) is 0 Å². The van der Waals surface area contributed by atoms with E-state index in [9.17, 15) is 22.8 Å². The number of alkyl halides is 3. The standard InChI is InChI=1S/C19H18F3N3O2/c20-19(21,22)15-6-2-1-5-14(15)18(27)25-11-8-13(9-12-25)24-17(26)16-7-3-4-10-23-16/h1-7,10,13H,8-9,11-12H2,(H,24,26). The number of aromatic nitrogens is 1. The van der Waals surface area contributed by atoms with E-state index in [0.717, 1.165) is 6.07 Å². The van der Waals surface area contributed by atoms with E-state index < -0.39 is 17.6 Å². The van der Waals surface area contributed by atoms with Gasteiger partial charge in [-0.2, -0.15) is 13.2 Å². The van der Waals surface area contributed by atoms with E-state index in [-0.39, 0.29) is 30.6 Å². The second-order valence-electron chi connectivity index (χ2n) is 6.30. The molecule has 0 unspecified atom stereocenters. The van der Waals surface area contributed by atoms with Crippen LogP contribution in [0.3, 0.4) is 0 Å². The van der Waals surface area contributed by atoms with Crippen LogP contribution in [-0.4, -0.2) is 40.8 Å². The predicted molar refractivity (Wildman–Crippen MR) is 92.1 cm³/mol. The van der Waals surface area contributed by atoms with Gasteiger partial charge < -0.3 is 10.2 Å². The number of pyridine rings is 1. The molecule has 1 saturated heterocycles. The fourth-order valence-corrected chi connectivity index (χ4v) is 3.07. The molecule has 27 heavy (non-hydrogen) atoms. The van der Waals surface area contributed by atoms with Crippen molar-refractivity contribution >= 4 is 11.8 Å². The average molecular weight is 377 g/mol. The maximum atomic E-state index is 13.1. The van der Waals surface area contributed by atoms with Gasteiger partial charge in [0.1, 0.15) is 5.69 Å². The number of amides is 2. The number of halogens is 3. The van der Waals surface area contributed by atoms with Gasteiger partial charge in [0.2, 0.25) is 0 Å². The van der Waals surface area contributed by atoms with Gasteiger partial charge in [-0.1, -0.05) is 18.2 Å². The number of nitrogens with one attached hydrogen (secondary N) is 1. The summed E-state index contributed by atoms with van der Waals surface area (Å²) in [5.74, 6) is -0.944. The first-order valence-electron chi connectivity index (χ1n) is 8.53. The number of carbonyl (C=O) groups excluding carboxylic acids is 2. The maximum absolute atomic E-state index is 13.1. The minimum Gasteiger partial charge on any atom is -0.348 e. The molecule has 1 aromatic carbocycles. The fourth-order valence-electron chi connectivity index (χ4n) is 3.07. The van der Waals surface area contributed by atoms with Gasteiger partial charge in [0.15, 0.2) is 0 Å². The minimum absolute atomic E-state index is 0.151. The molecule has 0 bridgehead atoms. The van der Waals surface area contributed by atoms with E-state index in [1.54, 1.807) is 18.2 Å². The third-order valence-electron chi connectivity index (χ3n) is 4.48. The quantitative estimate of drug-likeness (QED) is 0.894. The Morgan fingerprint density at radius 1 is 1.04 bits per heavy atom. The smallest absolute Gasteiger partial charge is 0.348 e. The second-order valence-corrected chi connectivity index (χ2v) is 6.30. The molecule has 0 aliphatic carbocycles. The minimum atomic E-state index is -4.58. The zero-order valence-corrected chi connectivity index (χ0v) is 14.4. The van der Waals surface area contributed by atoms with E-state index in [0.29, 0.717) is 18.5 Å². The molecular formula is C19H18F3N3O2. The highest BCUT2D eigenvalue weighted by Crippen LogP contribution is 2.32. The summed E-state index contributed by atoms with van der Waals surface area (Å²) in [5.41, 5.74) is -0.975. The van der Waals surface area contributed by atoms with Crippen molar-refractivity contribution in [3.63, 3.8) is 0 Å². The lowest BCUT2D eigenvalue weighted by atomic mass is 10.0. The first-order valence-corrected chi connectivity index (χ1v) is 8.53. The van der Waals surface area contributed by atoms with Crippen LogP contribution < -0.4 is 5.32 Å². The maximum Gasteiger partial charge on any atom is 0.417 e. The zero-order chi connectivity index (χ0) is 19.4. The monoisotopic (exact) mass is 377 g/mol. The summed E-state index contributed by atoms with van der Waals surface area (Å²) in [6.45, 7) is 0.552. The highest BCUT2D eigenvalue weighted by molar-refractivity contribution is 5.96. The normalized spacial score (nSPS) is 15.4. The molecule has 0 spiro atoms. The van der Waals surface area contributed by atoms with Crippen LogP contribution in [0.4, 0.5) is 13.2 Å². The Morgan fingerprint density at radius 2 is 1.70 bits per heavy atom. The van der Waals surface area contributed by atoms with E-state index in [1.807, 2.05) is 0 Å². The lowest BCUT2D eigenvalue weighted by molar-refractivity contribution is -0.138. The average Bonchev–Trinajstić information content (AvgIpc) is 2.68. The van der Waals surface area contributed by atoms with Gasteiger partial charge in [0, 0.05) is 25.3 Å². The van der Waals surface area contributed by atoms with Gasteiger partial charge in [-0.05, 0) is 37.1 Å². The Kier molecular flexibility index (Phi) is 5.43. The van der Waals surface area contributed by atoms with Crippen LogP contribution in [0.15, 0.2) is 48.7 Å². The first-order chi connectivity index (χ1) is 12.9. The number of hydrogen-bond donors (Lipinski definition) is 1. The van der Waals surface area contributed by atoms with Crippen LogP contribution >= 0.6 is 0 Å². The van der Waals surface area contributed by atoms with Crippen molar-refractivity contribution in [2.75, 3.05) is 13.1 Å². The Labute approximate surface area is 154 Å². The largest absolute Gasteiger partial charge is 0.417 e. The number of hydrogen-bond acceptors (Lipinski definition) is 3. The molecule has 1 aromatic heterocycles. The molecule has 2 amide bonds. The number of likely N-dealkylation sites (tertiary alicyclic amines) is 1. The summed E-state index contributed by atoms with van der Waals surface area (Å²) in [6, 6.07) is 9.65. The van der Waals surface area contributed by atoms with Gasteiger partial charge in [0.25, 0.3) is 11.8 Å². The summed E-state index contributed by atoms with van der Waals surface area (Å²) >= 11 is 0. The molecule has 5 nitrogen and oxygen atoms in total. The van der Waals surface area contributed by atoms with E-state index in [1.165, 1.54) is 29.3 Å². The molecule has 3 rings (SSSR count). The SMILES string of the molecule is O=C(NC1CCN(C(=O)c2ccccc2C(F)(F)F)CC1)c1ccccn1. The van der Waals surface area contributed by atoms with Crippen molar-refractivity contribution in [3.05, 3.63) is 65.5 Å². The summed E-state index contributed by atoms with van der Waals surface area (Å²) in [5, 5.41) is 2.85. The molecule has 1 aliphatic rings. The summed E-state index contributed by atoms with van der Waals surface area (Å²) in [6.07, 6.45) is -2.12. The van der Waals surface area contributed by atoms with Crippen LogP contribution in [0.5, 0.6) is 0 Å². The number of nitrogens with zero attached hydrogens (tertiary/aromatic N) is 2. The fraction of sp³-hybridized carbons (Fsp3) is 0.316. The van der Waals surface area contributed by atoms with Crippen molar-refractivity contribution < 1.29 is 22.8 Å². The number of carbonyl (C=O) groups is 2. The van der Waals surface area contributed by atoms with Gasteiger partial charge in [0.05, 0.1) is 11.1 Å². The summed E-state index contributed by atoms with van der Waals surface area (Å²) < 4.78 is 39.4. The topological polar surface area (TPSA) is 62.3 Å². The molecule has 1 fully saturated rings. The molecule has 2 heterocycles. The molecule has 142 valence electrons. The van der Waals surface area contributed by atoms with E-state index in [4.69, 9.17) is 0 Å².